The maximum Gasteiger partial charge on any atom is 0.241 e. The van der Waals surface area contributed by atoms with Crippen LogP contribution in [0.5, 0.6) is 0 Å². The quantitative estimate of drug-likeness (QED) is 0.685. The average molecular weight is 400 g/mol. The van der Waals surface area contributed by atoms with E-state index in [-0.39, 0.29) is 10.8 Å². The van der Waals surface area contributed by atoms with E-state index in [2.05, 4.69) is 15.4 Å². The largest absolute Gasteiger partial charge is 0.382 e. The van der Waals surface area contributed by atoms with Gasteiger partial charge in [-0.15, -0.1) is 0 Å². The second kappa shape index (κ2) is 7.77. The molecule has 1 aliphatic heterocycles. The summed E-state index contributed by atoms with van der Waals surface area (Å²) >= 11 is 0. The molecule has 1 heterocycles. The molecule has 2 aromatic rings. The van der Waals surface area contributed by atoms with E-state index in [4.69, 9.17) is 0 Å². The zero-order valence-electron chi connectivity index (χ0n) is 16.2. The first-order chi connectivity index (χ1) is 13.2. The number of para-hydroxylation sites is 1. The molecule has 3 N–H and O–H groups in total. The summed E-state index contributed by atoms with van der Waals surface area (Å²) in [5.74, 6) is -0.0305. The van der Waals surface area contributed by atoms with Crippen LogP contribution in [0.2, 0.25) is 0 Å². The lowest BCUT2D eigenvalue weighted by Crippen LogP contribution is -2.40. The van der Waals surface area contributed by atoms with Crippen molar-refractivity contribution in [3.8, 4) is 0 Å². The van der Waals surface area contributed by atoms with E-state index in [0.29, 0.717) is 18.5 Å². The standard InChI is InChI=1S/C21H25N3O3S/c1-21(2,3)24-28(26,27)18-10-5-4-7-15(18)11-12-16-8-6-9-17-20(16)22-14-13-19(25)23-17/h4-12,22,24H,13-14H2,1-3H3,(H,23,25)/b12-11+. The molecule has 0 fully saturated rings. The summed E-state index contributed by atoms with van der Waals surface area (Å²) in [6.07, 6.45) is 4.04. The molecule has 0 saturated carbocycles. The molecule has 6 nitrogen and oxygen atoms in total. The second-order valence-electron chi connectivity index (χ2n) is 7.72. The number of sulfonamides is 1. The Bertz CT molecular complexity index is 1020. The smallest absolute Gasteiger partial charge is 0.241 e. The Labute approximate surface area is 166 Å². The minimum atomic E-state index is -3.66. The Balaban J connectivity index is 1.97. The normalized spacial score (nSPS) is 14.9. The number of carbonyl (C=O) groups excluding carboxylic acids is 1. The third-order valence-corrected chi connectivity index (χ3v) is 5.95. The molecule has 0 atom stereocenters. The molecule has 28 heavy (non-hydrogen) atoms. The highest BCUT2D eigenvalue weighted by molar-refractivity contribution is 7.89. The number of anilines is 2. The van der Waals surface area contributed by atoms with Crippen LogP contribution in [0, 0.1) is 0 Å². The molecule has 3 rings (SSSR count). The highest BCUT2D eigenvalue weighted by Gasteiger charge is 2.23. The van der Waals surface area contributed by atoms with Crippen LogP contribution in [-0.4, -0.2) is 26.4 Å². The minimum absolute atomic E-state index is 0.0305. The van der Waals surface area contributed by atoms with Gasteiger partial charge in [0.25, 0.3) is 0 Å². The van der Waals surface area contributed by atoms with E-state index >= 15 is 0 Å². The molecule has 0 radical (unpaired) electrons. The second-order valence-corrected chi connectivity index (χ2v) is 9.37. The maximum absolute atomic E-state index is 12.8. The van der Waals surface area contributed by atoms with Gasteiger partial charge in [-0.25, -0.2) is 13.1 Å². The van der Waals surface area contributed by atoms with E-state index in [0.717, 1.165) is 16.9 Å². The zero-order chi connectivity index (χ0) is 20.4. The molecule has 0 bridgehead atoms. The predicted octanol–water partition coefficient (Wildman–Crippen LogP) is 3.69. The van der Waals surface area contributed by atoms with E-state index in [1.165, 1.54) is 0 Å². The van der Waals surface area contributed by atoms with Crippen LogP contribution in [-0.2, 0) is 14.8 Å². The number of carbonyl (C=O) groups is 1. The molecule has 0 aromatic heterocycles. The molecular weight excluding hydrogens is 374 g/mol. The van der Waals surface area contributed by atoms with E-state index in [1.807, 2.05) is 45.0 Å². The van der Waals surface area contributed by atoms with Crippen LogP contribution in [0.25, 0.3) is 12.2 Å². The van der Waals surface area contributed by atoms with E-state index < -0.39 is 15.6 Å². The average Bonchev–Trinajstić information content (AvgIpc) is 2.79. The molecular formula is C21H25N3O3S. The summed E-state index contributed by atoms with van der Waals surface area (Å²) in [5, 5.41) is 6.15. The van der Waals surface area contributed by atoms with Crippen LogP contribution in [0.4, 0.5) is 11.4 Å². The first-order valence-corrected chi connectivity index (χ1v) is 10.6. The van der Waals surface area contributed by atoms with Gasteiger partial charge in [-0.3, -0.25) is 4.79 Å². The number of hydrogen-bond donors (Lipinski definition) is 3. The Morgan fingerprint density at radius 1 is 1.00 bits per heavy atom. The fraction of sp³-hybridized carbons (Fsp3) is 0.286. The van der Waals surface area contributed by atoms with Crippen molar-refractivity contribution in [3.05, 3.63) is 53.6 Å². The Morgan fingerprint density at radius 2 is 1.68 bits per heavy atom. The Hall–Kier alpha value is -2.64. The summed E-state index contributed by atoms with van der Waals surface area (Å²) in [6, 6.07) is 12.5. The summed E-state index contributed by atoms with van der Waals surface area (Å²) in [7, 11) is -3.66. The third-order valence-electron chi connectivity index (χ3n) is 4.12. The van der Waals surface area contributed by atoms with Crippen LogP contribution >= 0.6 is 0 Å². The molecule has 0 spiro atoms. The number of amides is 1. The first-order valence-electron chi connectivity index (χ1n) is 9.13. The van der Waals surface area contributed by atoms with Gasteiger partial charge in [0.15, 0.2) is 0 Å². The molecule has 1 amide bonds. The fourth-order valence-corrected chi connectivity index (χ4v) is 4.65. The minimum Gasteiger partial charge on any atom is -0.382 e. The van der Waals surface area contributed by atoms with Gasteiger partial charge in [0.1, 0.15) is 0 Å². The highest BCUT2D eigenvalue weighted by atomic mass is 32.2. The maximum atomic E-state index is 12.8. The van der Waals surface area contributed by atoms with Gasteiger partial charge in [-0.2, -0.15) is 0 Å². The highest BCUT2D eigenvalue weighted by Crippen LogP contribution is 2.30. The Morgan fingerprint density at radius 3 is 2.43 bits per heavy atom. The van der Waals surface area contributed by atoms with Crippen molar-refractivity contribution < 1.29 is 13.2 Å². The molecule has 2 aromatic carbocycles. The lowest BCUT2D eigenvalue weighted by atomic mass is 10.1. The third kappa shape index (κ3) is 4.79. The van der Waals surface area contributed by atoms with Gasteiger partial charge in [-0.05, 0) is 44.0 Å². The molecule has 0 saturated heterocycles. The van der Waals surface area contributed by atoms with Crippen molar-refractivity contribution in [2.24, 2.45) is 0 Å². The van der Waals surface area contributed by atoms with E-state index in [9.17, 15) is 13.2 Å². The van der Waals surface area contributed by atoms with Crippen molar-refractivity contribution in [1.29, 1.82) is 0 Å². The number of nitrogens with one attached hydrogen (secondary N) is 3. The van der Waals surface area contributed by atoms with Gasteiger partial charge in [0, 0.05) is 18.5 Å². The van der Waals surface area contributed by atoms with Crippen molar-refractivity contribution in [2.45, 2.75) is 37.6 Å². The van der Waals surface area contributed by atoms with Crippen molar-refractivity contribution >= 4 is 39.5 Å². The SMILES string of the molecule is CC(C)(C)NS(=O)(=O)c1ccccc1/C=C/c1cccc2c1NCCC(=O)N2. The molecule has 148 valence electrons. The zero-order valence-corrected chi connectivity index (χ0v) is 17.1. The van der Waals surface area contributed by atoms with Crippen molar-refractivity contribution in [2.75, 3.05) is 17.2 Å². The van der Waals surface area contributed by atoms with Gasteiger partial charge in [-0.1, -0.05) is 42.5 Å². The van der Waals surface area contributed by atoms with Gasteiger partial charge in [0.2, 0.25) is 15.9 Å². The van der Waals surface area contributed by atoms with Crippen LogP contribution < -0.4 is 15.4 Å². The van der Waals surface area contributed by atoms with Gasteiger partial charge in [0.05, 0.1) is 16.3 Å². The number of hydrogen-bond acceptors (Lipinski definition) is 4. The summed E-state index contributed by atoms with van der Waals surface area (Å²) in [5.41, 5.74) is 2.44. The molecule has 7 heteroatoms. The van der Waals surface area contributed by atoms with Crippen LogP contribution in [0.3, 0.4) is 0 Å². The Kier molecular flexibility index (Phi) is 5.58. The molecule has 0 unspecified atom stereocenters. The summed E-state index contributed by atoms with van der Waals surface area (Å²) in [4.78, 5) is 12.0. The number of rotatable bonds is 4. The molecule has 0 aliphatic carbocycles. The lowest BCUT2D eigenvalue weighted by molar-refractivity contribution is -0.115. The predicted molar refractivity (Wildman–Crippen MR) is 114 cm³/mol. The van der Waals surface area contributed by atoms with E-state index in [1.54, 1.807) is 30.3 Å². The van der Waals surface area contributed by atoms with Crippen molar-refractivity contribution in [3.63, 3.8) is 0 Å². The summed E-state index contributed by atoms with van der Waals surface area (Å²) in [6.45, 7) is 5.97. The van der Waals surface area contributed by atoms with Crippen molar-refractivity contribution in [1.82, 2.24) is 4.72 Å². The topological polar surface area (TPSA) is 87.3 Å². The van der Waals surface area contributed by atoms with Crippen LogP contribution in [0.15, 0.2) is 47.4 Å². The number of benzene rings is 2. The van der Waals surface area contributed by atoms with Gasteiger partial charge >= 0.3 is 0 Å². The fourth-order valence-electron chi connectivity index (χ4n) is 3.02. The first kappa shape index (κ1) is 20.1. The lowest BCUT2D eigenvalue weighted by Gasteiger charge is -2.21. The van der Waals surface area contributed by atoms with Crippen LogP contribution in [0.1, 0.15) is 38.3 Å². The number of fused-ring (bicyclic) bond motifs is 1. The molecule has 1 aliphatic rings. The monoisotopic (exact) mass is 399 g/mol. The van der Waals surface area contributed by atoms with Gasteiger partial charge < -0.3 is 10.6 Å². The summed E-state index contributed by atoms with van der Waals surface area (Å²) < 4.78 is 28.3.